The average molecular weight is 396 g/mol. The first-order valence-electron chi connectivity index (χ1n) is 9.36. The number of likely N-dealkylation sites (N-methyl/N-ethyl adjacent to an activating group) is 1. The zero-order valence-corrected chi connectivity index (χ0v) is 16.5. The molecule has 6 nitrogen and oxygen atoms in total. The Labute approximate surface area is 169 Å². The summed E-state index contributed by atoms with van der Waals surface area (Å²) in [5.74, 6) is -0.136. The highest BCUT2D eigenvalue weighted by atomic mass is 32.1. The molecule has 3 aromatic rings. The molecule has 2 aromatic carbocycles. The van der Waals surface area contributed by atoms with Crippen molar-refractivity contribution in [1.82, 2.24) is 5.32 Å². The Morgan fingerprint density at radius 3 is 2.54 bits per heavy atom. The number of fused-ring (bicyclic) bond motifs is 1. The van der Waals surface area contributed by atoms with Crippen LogP contribution in [0.3, 0.4) is 0 Å². The van der Waals surface area contributed by atoms with Crippen LogP contribution < -0.4 is 20.4 Å². The fraction of sp³-hybridized carbons (Fsp3) is 0.238. The van der Waals surface area contributed by atoms with Crippen LogP contribution in [-0.2, 0) is 0 Å². The van der Waals surface area contributed by atoms with E-state index in [1.165, 1.54) is 5.69 Å². The molecular formula is C21H23N4O2S+. The number of quaternary nitrogens is 1. The van der Waals surface area contributed by atoms with Crippen LogP contribution in [0.25, 0.3) is 11.0 Å². The predicted octanol–water partition coefficient (Wildman–Crippen LogP) is 1.89. The van der Waals surface area contributed by atoms with Gasteiger partial charge in [0.05, 0.1) is 33.2 Å². The van der Waals surface area contributed by atoms with Crippen molar-refractivity contribution in [2.75, 3.05) is 43.4 Å². The van der Waals surface area contributed by atoms with Crippen molar-refractivity contribution in [3.05, 3.63) is 60.4 Å². The lowest BCUT2D eigenvalue weighted by Crippen LogP contribution is -3.12. The predicted molar refractivity (Wildman–Crippen MR) is 115 cm³/mol. The lowest BCUT2D eigenvalue weighted by Gasteiger charge is -2.31. The molecule has 0 bridgehead atoms. The fourth-order valence-electron chi connectivity index (χ4n) is 3.32. The van der Waals surface area contributed by atoms with Crippen LogP contribution in [0.15, 0.2) is 59.0 Å². The topological polar surface area (TPSA) is 62.0 Å². The number of amides is 1. The van der Waals surface area contributed by atoms with E-state index in [9.17, 15) is 4.79 Å². The Kier molecular flexibility index (Phi) is 5.27. The number of nitrogens with one attached hydrogen (secondary N) is 3. The van der Waals surface area contributed by atoms with Gasteiger partial charge in [0.25, 0.3) is 5.91 Å². The van der Waals surface area contributed by atoms with E-state index in [4.69, 9.17) is 16.6 Å². The van der Waals surface area contributed by atoms with Gasteiger partial charge in [0.1, 0.15) is 5.58 Å². The van der Waals surface area contributed by atoms with Crippen molar-refractivity contribution >= 4 is 45.6 Å². The van der Waals surface area contributed by atoms with Gasteiger partial charge in [0, 0.05) is 16.8 Å². The Bertz CT molecular complexity index is 958. The molecule has 4 rings (SSSR count). The van der Waals surface area contributed by atoms with Crippen molar-refractivity contribution in [3.8, 4) is 0 Å². The van der Waals surface area contributed by atoms with Gasteiger partial charge < -0.3 is 19.5 Å². The number of carbonyl (C=O) groups excluding carboxylic acids is 1. The first-order chi connectivity index (χ1) is 13.6. The average Bonchev–Trinajstić information content (AvgIpc) is 3.14. The van der Waals surface area contributed by atoms with Crippen molar-refractivity contribution in [1.29, 1.82) is 0 Å². The second-order valence-electron chi connectivity index (χ2n) is 7.05. The summed E-state index contributed by atoms with van der Waals surface area (Å²) in [5, 5.41) is 6.83. The van der Waals surface area contributed by atoms with Gasteiger partial charge in [0.15, 0.2) is 10.9 Å². The molecule has 3 N–H and O–H groups in total. The van der Waals surface area contributed by atoms with Crippen LogP contribution in [0, 0.1) is 0 Å². The lowest BCUT2D eigenvalue weighted by molar-refractivity contribution is -0.880. The minimum atomic E-state index is -0.370. The summed E-state index contributed by atoms with van der Waals surface area (Å²) in [6, 6.07) is 17.3. The molecule has 0 radical (unpaired) electrons. The number of rotatable bonds is 3. The number of carbonyl (C=O) groups is 1. The highest BCUT2D eigenvalue weighted by Crippen LogP contribution is 2.19. The largest absolute Gasteiger partial charge is 0.451 e. The monoisotopic (exact) mass is 395 g/mol. The summed E-state index contributed by atoms with van der Waals surface area (Å²) >= 11 is 5.27. The van der Waals surface area contributed by atoms with E-state index in [-0.39, 0.29) is 16.8 Å². The third kappa shape index (κ3) is 4.16. The third-order valence-corrected chi connectivity index (χ3v) is 5.19. The summed E-state index contributed by atoms with van der Waals surface area (Å²) in [5.41, 5.74) is 2.71. The van der Waals surface area contributed by atoms with Crippen molar-refractivity contribution in [2.24, 2.45) is 0 Å². The maximum absolute atomic E-state index is 12.4. The molecule has 0 spiro atoms. The Morgan fingerprint density at radius 1 is 1.11 bits per heavy atom. The second-order valence-corrected chi connectivity index (χ2v) is 7.46. The van der Waals surface area contributed by atoms with Crippen LogP contribution >= 0.6 is 12.2 Å². The zero-order valence-electron chi connectivity index (χ0n) is 15.7. The number of thiocarbonyl (C=S) groups is 1. The fourth-order valence-corrected chi connectivity index (χ4v) is 3.53. The van der Waals surface area contributed by atoms with Gasteiger partial charge in [-0.05, 0) is 48.6 Å². The number of anilines is 2. The normalized spacial score (nSPS) is 14.8. The van der Waals surface area contributed by atoms with Gasteiger partial charge >= 0.3 is 0 Å². The van der Waals surface area contributed by atoms with Gasteiger partial charge in [-0.2, -0.15) is 0 Å². The molecule has 1 amide bonds. The van der Waals surface area contributed by atoms with Crippen LogP contribution in [0.4, 0.5) is 11.4 Å². The second kappa shape index (κ2) is 8.00. The minimum Gasteiger partial charge on any atom is -0.451 e. The third-order valence-electron chi connectivity index (χ3n) is 4.98. The first-order valence-corrected chi connectivity index (χ1v) is 9.76. The molecule has 1 fully saturated rings. The molecule has 0 saturated carbocycles. The highest BCUT2D eigenvalue weighted by molar-refractivity contribution is 7.80. The van der Waals surface area contributed by atoms with E-state index in [2.05, 4.69) is 34.7 Å². The minimum absolute atomic E-state index is 0.234. The van der Waals surface area contributed by atoms with Crippen LogP contribution in [0.2, 0.25) is 0 Å². The molecule has 1 aliphatic rings. The summed E-state index contributed by atoms with van der Waals surface area (Å²) in [4.78, 5) is 16.3. The van der Waals surface area contributed by atoms with Crippen LogP contribution in [0.1, 0.15) is 10.6 Å². The van der Waals surface area contributed by atoms with Crippen molar-refractivity contribution < 1.29 is 14.1 Å². The molecule has 0 unspecified atom stereocenters. The molecule has 1 aliphatic heterocycles. The van der Waals surface area contributed by atoms with E-state index in [0.717, 1.165) is 37.3 Å². The summed E-state index contributed by atoms with van der Waals surface area (Å²) < 4.78 is 5.56. The molecule has 1 saturated heterocycles. The SMILES string of the molecule is C[NH+]1CCN(c2ccc(NC(=S)NC(=O)c3cc4ccccc4o3)cc2)CC1. The Hall–Kier alpha value is -2.90. The Balaban J connectivity index is 1.34. The molecule has 0 atom stereocenters. The van der Waals surface area contributed by atoms with Crippen LogP contribution in [0.5, 0.6) is 0 Å². The van der Waals surface area contributed by atoms with Crippen LogP contribution in [-0.4, -0.2) is 44.2 Å². The van der Waals surface area contributed by atoms with Crippen molar-refractivity contribution in [3.63, 3.8) is 0 Å². The number of benzene rings is 2. The summed E-state index contributed by atoms with van der Waals surface area (Å²) in [6.07, 6.45) is 0. The number of nitrogens with zero attached hydrogens (tertiary/aromatic N) is 1. The maximum atomic E-state index is 12.4. The zero-order chi connectivity index (χ0) is 19.5. The van der Waals surface area contributed by atoms with E-state index in [0.29, 0.717) is 5.58 Å². The standard InChI is InChI=1S/C21H22N4O2S/c1-24-10-12-25(13-11-24)17-8-6-16(7-9-17)22-21(28)23-20(26)19-14-15-4-2-3-5-18(15)27-19/h2-9,14H,10-13H2,1H3,(H2,22,23,26,28)/p+1. The number of hydrogen-bond donors (Lipinski definition) is 3. The van der Waals surface area contributed by atoms with Gasteiger partial charge in [-0.15, -0.1) is 0 Å². The maximum Gasteiger partial charge on any atom is 0.293 e. The number of piperazine rings is 1. The first kappa shape index (κ1) is 18.5. The van der Waals surface area contributed by atoms with E-state index >= 15 is 0 Å². The quantitative estimate of drug-likeness (QED) is 0.592. The highest BCUT2D eigenvalue weighted by Gasteiger charge is 2.17. The lowest BCUT2D eigenvalue weighted by atomic mass is 10.2. The van der Waals surface area contributed by atoms with Gasteiger partial charge in [-0.25, -0.2) is 0 Å². The number of furan rings is 1. The Morgan fingerprint density at radius 2 is 1.82 bits per heavy atom. The smallest absolute Gasteiger partial charge is 0.293 e. The van der Waals surface area contributed by atoms with Gasteiger partial charge in [-0.3, -0.25) is 10.1 Å². The molecule has 28 heavy (non-hydrogen) atoms. The number of hydrogen-bond acceptors (Lipinski definition) is 4. The van der Waals surface area contributed by atoms with E-state index in [1.54, 1.807) is 11.0 Å². The molecular weight excluding hydrogens is 372 g/mol. The van der Waals surface area contributed by atoms with E-state index < -0.39 is 0 Å². The summed E-state index contributed by atoms with van der Waals surface area (Å²) in [6.45, 7) is 4.42. The summed E-state index contributed by atoms with van der Waals surface area (Å²) in [7, 11) is 2.23. The van der Waals surface area contributed by atoms with Crippen molar-refractivity contribution in [2.45, 2.75) is 0 Å². The molecule has 7 heteroatoms. The molecule has 2 heterocycles. The molecule has 144 valence electrons. The molecule has 0 aliphatic carbocycles. The van der Waals surface area contributed by atoms with Gasteiger partial charge in [0.2, 0.25) is 0 Å². The van der Waals surface area contributed by atoms with Gasteiger partial charge in [-0.1, -0.05) is 18.2 Å². The number of para-hydroxylation sites is 1. The van der Waals surface area contributed by atoms with E-state index in [1.807, 2.05) is 36.4 Å². The molecule has 1 aromatic heterocycles.